The molecule has 0 aliphatic carbocycles. The van der Waals surface area contributed by atoms with Crippen LogP contribution in [0.4, 0.5) is 0 Å². The third-order valence-corrected chi connectivity index (χ3v) is 4.53. The number of carbonyl (C=O) groups excluding carboxylic acids is 1. The van der Waals surface area contributed by atoms with Gasteiger partial charge in [-0.15, -0.1) is 11.3 Å². The van der Waals surface area contributed by atoms with Gasteiger partial charge >= 0.3 is 5.97 Å². The first-order chi connectivity index (χ1) is 10.0. The summed E-state index contributed by atoms with van der Waals surface area (Å²) < 4.78 is 5.43. The van der Waals surface area contributed by atoms with Crippen molar-refractivity contribution in [2.45, 2.75) is 20.8 Å². The lowest BCUT2D eigenvalue weighted by molar-refractivity contribution is -0.130. The predicted octanol–water partition coefficient (Wildman–Crippen LogP) is 4.65. The molecule has 3 heteroatoms. The molecular weight excluding hydrogens is 280 g/mol. The molecule has 106 valence electrons. The summed E-state index contributed by atoms with van der Waals surface area (Å²) in [5.74, 6) is 0.357. The Hall–Kier alpha value is -2.13. The highest BCUT2D eigenvalue weighted by molar-refractivity contribution is 7.11. The van der Waals surface area contributed by atoms with Gasteiger partial charge in [0.15, 0.2) is 0 Å². The number of esters is 1. The smallest absolute Gasteiger partial charge is 0.343 e. The fourth-order valence-corrected chi connectivity index (χ4v) is 3.25. The van der Waals surface area contributed by atoms with Crippen molar-refractivity contribution in [1.82, 2.24) is 0 Å². The summed E-state index contributed by atoms with van der Waals surface area (Å²) in [5, 5.41) is 2.02. The van der Waals surface area contributed by atoms with Crippen LogP contribution in [-0.4, -0.2) is 5.97 Å². The van der Waals surface area contributed by atoms with Crippen LogP contribution in [0.2, 0.25) is 0 Å². The first-order valence-corrected chi connectivity index (χ1v) is 7.70. The Morgan fingerprint density at radius 1 is 1.10 bits per heavy atom. The van der Waals surface area contributed by atoms with E-state index in [1.165, 1.54) is 11.1 Å². The van der Waals surface area contributed by atoms with Crippen molar-refractivity contribution >= 4 is 29.1 Å². The van der Waals surface area contributed by atoms with Crippen LogP contribution in [0.25, 0.3) is 11.8 Å². The van der Waals surface area contributed by atoms with Crippen LogP contribution in [0.3, 0.4) is 0 Å². The summed E-state index contributed by atoms with van der Waals surface area (Å²) in [6, 6.07) is 8.17. The number of hydrogen-bond donors (Lipinski definition) is 0. The molecule has 0 unspecified atom stereocenters. The average Bonchev–Trinajstić information content (AvgIpc) is 2.98. The molecule has 0 radical (unpaired) electrons. The number of cyclic esters (lactones) is 1. The fraction of sp³-hybridized carbons (Fsp3) is 0.167. The Bertz CT molecular complexity index is 778. The third-order valence-electron chi connectivity index (χ3n) is 3.56. The molecule has 2 aromatic rings. The van der Waals surface area contributed by atoms with Crippen molar-refractivity contribution in [3.63, 3.8) is 0 Å². The number of ether oxygens (including phenoxy) is 1. The quantitative estimate of drug-likeness (QED) is 0.595. The Labute approximate surface area is 128 Å². The Balaban J connectivity index is 1.99. The predicted molar refractivity (Wildman–Crippen MR) is 87.0 cm³/mol. The van der Waals surface area contributed by atoms with Gasteiger partial charge in [0.2, 0.25) is 0 Å². The second-order valence-corrected chi connectivity index (χ2v) is 6.23. The van der Waals surface area contributed by atoms with Crippen molar-refractivity contribution in [2.75, 3.05) is 0 Å². The monoisotopic (exact) mass is 296 g/mol. The molecule has 0 amide bonds. The van der Waals surface area contributed by atoms with E-state index >= 15 is 0 Å². The number of rotatable bonds is 2. The molecule has 2 nitrogen and oxygen atoms in total. The van der Waals surface area contributed by atoms with Crippen LogP contribution in [0, 0.1) is 20.8 Å². The Kier molecular flexibility index (Phi) is 3.52. The van der Waals surface area contributed by atoms with Gasteiger partial charge < -0.3 is 4.74 Å². The zero-order valence-corrected chi connectivity index (χ0v) is 13.1. The summed E-state index contributed by atoms with van der Waals surface area (Å²) >= 11 is 1.63. The lowest BCUT2D eigenvalue weighted by atomic mass is 10.0. The van der Waals surface area contributed by atoms with Crippen LogP contribution in [-0.2, 0) is 9.53 Å². The molecule has 2 heterocycles. The number of carbonyl (C=O) groups is 1. The second kappa shape index (κ2) is 5.34. The fourth-order valence-electron chi connectivity index (χ4n) is 2.39. The molecule has 0 saturated carbocycles. The van der Waals surface area contributed by atoms with Crippen LogP contribution in [0.15, 0.2) is 41.3 Å². The van der Waals surface area contributed by atoms with Crippen LogP contribution >= 0.6 is 11.3 Å². The highest BCUT2D eigenvalue weighted by Crippen LogP contribution is 2.30. The van der Waals surface area contributed by atoms with E-state index in [0.717, 1.165) is 16.0 Å². The maximum Gasteiger partial charge on any atom is 0.343 e. The molecule has 0 saturated heterocycles. The van der Waals surface area contributed by atoms with Crippen molar-refractivity contribution < 1.29 is 9.53 Å². The van der Waals surface area contributed by atoms with E-state index in [-0.39, 0.29) is 5.97 Å². The van der Waals surface area contributed by atoms with Crippen molar-refractivity contribution in [2.24, 2.45) is 0 Å². The molecule has 1 aliphatic rings. The van der Waals surface area contributed by atoms with Crippen molar-refractivity contribution in [3.05, 3.63) is 68.4 Å². The normalized spacial score (nSPS) is 16.2. The zero-order valence-electron chi connectivity index (χ0n) is 12.3. The maximum atomic E-state index is 12.0. The van der Waals surface area contributed by atoms with Gasteiger partial charge in [0.1, 0.15) is 5.76 Å². The lowest BCUT2D eigenvalue weighted by Crippen LogP contribution is -1.98. The van der Waals surface area contributed by atoms with Gasteiger partial charge in [-0.2, -0.15) is 0 Å². The van der Waals surface area contributed by atoms with Gasteiger partial charge in [0.05, 0.1) is 5.57 Å². The summed E-state index contributed by atoms with van der Waals surface area (Å²) in [4.78, 5) is 13.1. The van der Waals surface area contributed by atoms with Gasteiger partial charge in [-0.3, -0.25) is 0 Å². The first-order valence-electron chi connectivity index (χ1n) is 6.82. The standard InChI is InChI=1S/C18H16O2S/c1-11-4-5-15(13(3)8-11)16-9-14(18(19)20-16)10-17-12(2)6-7-21-17/h4-10H,1-3H3/b14-10+. The molecule has 0 fully saturated rings. The van der Waals surface area contributed by atoms with E-state index in [4.69, 9.17) is 4.74 Å². The summed E-state index contributed by atoms with van der Waals surface area (Å²) in [6.07, 6.45) is 3.73. The van der Waals surface area contributed by atoms with Crippen LogP contribution in [0.5, 0.6) is 0 Å². The van der Waals surface area contributed by atoms with E-state index in [1.807, 2.05) is 49.6 Å². The zero-order chi connectivity index (χ0) is 15.0. The van der Waals surface area contributed by atoms with Crippen molar-refractivity contribution in [1.29, 1.82) is 0 Å². The van der Waals surface area contributed by atoms with Crippen LogP contribution < -0.4 is 0 Å². The summed E-state index contributed by atoms with van der Waals surface area (Å²) in [7, 11) is 0. The molecular formula is C18H16O2S. The molecule has 1 aliphatic heterocycles. The molecule has 21 heavy (non-hydrogen) atoms. The first kappa shape index (κ1) is 13.8. The van der Waals surface area contributed by atoms with E-state index in [2.05, 4.69) is 13.0 Å². The third kappa shape index (κ3) is 2.69. The molecule has 1 aromatic carbocycles. The highest BCUT2D eigenvalue weighted by atomic mass is 32.1. The second-order valence-electron chi connectivity index (χ2n) is 5.28. The number of benzene rings is 1. The number of hydrogen-bond acceptors (Lipinski definition) is 3. The summed E-state index contributed by atoms with van der Waals surface area (Å²) in [5.41, 5.74) is 5.07. The highest BCUT2D eigenvalue weighted by Gasteiger charge is 2.23. The maximum absolute atomic E-state index is 12.0. The van der Waals surface area contributed by atoms with Gasteiger partial charge in [-0.25, -0.2) is 4.79 Å². The van der Waals surface area contributed by atoms with Gasteiger partial charge in [-0.05, 0) is 55.5 Å². The molecule has 0 bridgehead atoms. The van der Waals surface area contributed by atoms with E-state index in [1.54, 1.807) is 11.3 Å². The lowest BCUT2D eigenvalue weighted by Gasteiger charge is -2.06. The SMILES string of the molecule is Cc1ccc(C2=C/C(=C\c3sccc3C)C(=O)O2)c(C)c1. The van der Waals surface area contributed by atoms with Gasteiger partial charge in [-0.1, -0.05) is 23.8 Å². The Morgan fingerprint density at radius 3 is 2.57 bits per heavy atom. The minimum Gasteiger partial charge on any atom is -0.422 e. The van der Waals surface area contributed by atoms with Gasteiger partial charge in [0, 0.05) is 10.4 Å². The van der Waals surface area contributed by atoms with E-state index < -0.39 is 0 Å². The summed E-state index contributed by atoms with van der Waals surface area (Å²) in [6.45, 7) is 6.12. The average molecular weight is 296 g/mol. The van der Waals surface area contributed by atoms with Gasteiger partial charge in [0.25, 0.3) is 0 Å². The molecule has 0 spiro atoms. The van der Waals surface area contributed by atoms with E-state index in [9.17, 15) is 4.79 Å². The van der Waals surface area contributed by atoms with Crippen LogP contribution in [0.1, 0.15) is 27.1 Å². The number of thiophene rings is 1. The minimum atomic E-state index is -0.280. The number of aryl methyl sites for hydroxylation is 3. The Morgan fingerprint density at radius 2 is 1.90 bits per heavy atom. The molecule has 0 N–H and O–H groups in total. The topological polar surface area (TPSA) is 26.3 Å². The molecule has 0 atom stereocenters. The van der Waals surface area contributed by atoms with Crippen molar-refractivity contribution in [3.8, 4) is 0 Å². The largest absolute Gasteiger partial charge is 0.422 e. The molecule has 1 aromatic heterocycles. The molecule has 3 rings (SSSR count). The van der Waals surface area contributed by atoms with E-state index in [0.29, 0.717) is 11.3 Å². The minimum absolute atomic E-state index is 0.280.